The van der Waals surface area contributed by atoms with Crippen molar-refractivity contribution in [1.82, 2.24) is 25.2 Å². The highest BCUT2D eigenvalue weighted by Crippen LogP contribution is 2.25. The van der Waals surface area contributed by atoms with Crippen LogP contribution in [0, 0.1) is 0 Å². The van der Waals surface area contributed by atoms with Crippen molar-refractivity contribution in [3.63, 3.8) is 0 Å². The van der Waals surface area contributed by atoms with E-state index >= 15 is 0 Å². The summed E-state index contributed by atoms with van der Waals surface area (Å²) in [5.74, 6) is 0.617. The molecule has 0 spiro atoms. The van der Waals surface area contributed by atoms with Gasteiger partial charge in [0.05, 0.1) is 19.1 Å². The van der Waals surface area contributed by atoms with Crippen molar-refractivity contribution in [2.75, 3.05) is 12.5 Å². The van der Waals surface area contributed by atoms with Crippen molar-refractivity contribution < 1.29 is 13.9 Å². The second-order valence-electron chi connectivity index (χ2n) is 5.79. The molecule has 0 radical (unpaired) electrons. The molecule has 146 valence electrons. The minimum Gasteiger partial charge on any atom is -0.481 e. The molecule has 3 heterocycles. The molecule has 0 aliphatic heterocycles. The average molecular weight is 411 g/mol. The Morgan fingerprint density at radius 1 is 1.21 bits per heavy atom. The molecule has 0 aliphatic rings. The molecule has 0 fully saturated rings. The number of hydrogen-bond acceptors (Lipinski definition) is 7. The molecule has 0 atom stereocenters. The molecule has 1 aromatic carbocycles. The highest BCUT2D eigenvalue weighted by Gasteiger charge is 2.18. The number of aromatic nitrogens is 4. The minimum absolute atomic E-state index is 0.159. The Morgan fingerprint density at radius 2 is 2.10 bits per heavy atom. The lowest BCUT2D eigenvalue weighted by atomic mass is 10.2. The van der Waals surface area contributed by atoms with Gasteiger partial charge in [-0.15, -0.1) is 0 Å². The van der Waals surface area contributed by atoms with E-state index in [0.29, 0.717) is 28.0 Å². The summed E-state index contributed by atoms with van der Waals surface area (Å²) >= 11 is 6.11. The quantitative estimate of drug-likeness (QED) is 0.469. The molecule has 3 aromatic heterocycles. The summed E-state index contributed by atoms with van der Waals surface area (Å²) in [5.41, 5.74) is 6.59. The van der Waals surface area contributed by atoms with Crippen LogP contribution in [0.1, 0.15) is 10.5 Å². The van der Waals surface area contributed by atoms with Gasteiger partial charge in [0, 0.05) is 23.4 Å². The van der Waals surface area contributed by atoms with E-state index < -0.39 is 5.91 Å². The number of halogens is 1. The Labute approximate surface area is 170 Å². The largest absolute Gasteiger partial charge is 0.481 e. The van der Waals surface area contributed by atoms with Gasteiger partial charge in [0.1, 0.15) is 5.69 Å². The molecular formula is C19H15ClN6O3. The van der Waals surface area contributed by atoms with Crippen LogP contribution in [0.15, 0.2) is 65.4 Å². The van der Waals surface area contributed by atoms with Gasteiger partial charge >= 0.3 is 0 Å². The average Bonchev–Trinajstić information content (AvgIpc) is 3.42. The normalized spacial score (nSPS) is 10.6. The SMILES string of the molecule is COc1ccnc(NNC(=O)c2cc(-c3ccco3)n(-c3cccc(Cl)c3)n2)n1. The van der Waals surface area contributed by atoms with Crippen molar-refractivity contribution in [3.8, 4) is 23.0 Å². The van der Waals surface area contributed by atoms with Crippen LogP contribution in [0.4, 0.5) is 5.95 Å². The van der Waals surface area contributed by atoms with E-state index in [1.165, 1.54) is 13.3 Å². The Hall–Kier alpha value is -3.85. The number of furan rings is 1. The fourth-order valence-electron chi connectivity index (χ4n) is 2.59. The number of nitrogens with one attached hydrogen (secondary N) is 2. The minimum atomic E-state index is -0.481. The Bertz CT molecular complexity index is 1140. The molecule has 0 bridgehead atoms. The Morgan fingerprint density at radius 3 is 2.86 bits per heavy atom. The Balaban J connectivity index is 1.62. The van der Waals surface area contributed by atoms with Gasteiger partial charge < -0.3 is 9.15 Å². The van der Waals surface area contributed by atoms with Gasteiger partial charge in [0.2, 0.25) is 11.8 Å². The zero-order valence-electron chi connectivity index (χ0n) is 15.2. The molecule has 10 heteroatoms. The van der Waals surface area contributed by atoms with E-state index in [2.05, 4.69) is 25.9 Å². The van der Waals surface area contributed by atoms with Crippen molar-refractivity contribution in [2.45, 2.75) is 0 Å². The molecule has 0 unspecified atom stereocenters. The van der Waals surface area contributed by atoms with Gasteiger partial charge in [-0.3, -0.25) is 15.6 Å². The lowest BCUT2D eigenvalue weighted by Crippen LogP contribution is -2.30. The van der Waals surface area contributed by atoms with E-state index in [0.717, 1.165) is 0 Å². The maximum absolute atomic E-state index is 12.6. The van der Waals surface area contributed by atoms with E-state index in [9.17, 15) is 4.79 Å². The zero-order chi connectivity index (χ0) is 20.2. The number of benzene rings is 1. The standard InChI is InChI=1S/C19H15ClN6O3/c1-28-17-7-8-21-19(22-17)24-23-18(27)14-11-15(16-6-3-9-29-16)26(25-14)13-5-2-4-12(20)10-13/h2-11H,1H3,(H,23,27)(H,21,22,24). The van der Waals surface area contributed by atoms with E-state index in [4.69, 9.17) is 20.8 Å². The van der Waals surface area contributed by atoms with Gasteiger partial charge in [0.25, 0.3) is 5.91 Å². The third-order valence-electron chi connectivity index (χ3n) is 3.90. The third-order valence-corrected chi connectivity index (χ3v) is 4.13. The zero-order valence-corrected chi connectivity index (χ0v) is 15.9. The van der Waals surface area contributed by atoms with Crippen molar-refractivity contribution in [1.29, 1.82) is 0 Å². The number of amides is 1. The number of methoxy groups -OCH3 is 1. The van der Waals surface area contributed by atoms with Crippen molar-refractivity contribution in [2.24, 2.45) is 0 Å². The number of rotatable bonds is 6. The molecule has 0 aliphatic carbocycles. The van der Waals surface area contributed by atoms with E-state index in [-0.39, 0.29) is 11.6 Å². The van der Waals surface area contributed by atoms with Crippen LogP contribution >= 0.6 is 11.6 Å². The lowest BCUT2D eigenvalue weighted by Gasteiger charge is -2.07. The summed E-state index contributed by atoms with van der Waals surface area (Å²) in [7, 11) is 1.49. The van der Waals surface area contributed by atoms with Gasteiger partial charge in [-0.1, -0.05) is 17.7 Å². The fraction of sp³-hybridized carbons (Fsp3) is 0.0526. The van der Waals surface area contributed by atoms with Crippen LogP contribution in [-0.2, 0) is 0 Å². The molecular weight excluding hydrogens is 396 g/mol. The second-order valence-corrected chi connectivity index (χ2v) is 6.22. The number of anilines is 1. The maximum Gasteiger partial charge on any atom is 0.290 e. The first kappa shape index (κ1) is 18.5. The maximum atomic E-state index is 12.6. The molecule has 29 heavy (non-hydrogen) atoms. The second kappa shape index (κ2) is 8.03. The Kier molecular flexibility index (Phi) is 5.12. The first-order valence-corrected chi connectivity index (χ1v) is 8.85. The molecule has 1 amide bonds. The summed E-state index contributed by atoms with van der Waals surface area (Å²) in [4.78, 5) is 20.7. The van der Waals surface area contributed by atoms with Gasteiger partial charge in [-0.2, -0.15) is 10.1 Å². The number of carbonyl (C=O) groups excluding carboxylic acids is 1. The molecule has 2 N–H and O–H groups in total. The summed E-state index contributed by atoms with van der Waals surface area (Å²) in [6.07, 6.45) is 3.05. The first-order valence-electron chi connectivity index (χ1n) is 8.47. The summed E-state index contributed by atoms with van der Waals surface area (Å²) in [6, 6.07) is 13.9. The summed E-state index contributed by atoms with van der Waals surface area (Å²) < 4.78 is 12.1. The van der Waals surface area contributed by atoms with Gasteiger partial charge in [-0.25, -0.2) is 9.67 Å². The van der Waals surface area contributed by atoms with Crippen LogP contribution < -0.4 is 15.6 Å². The van der Waals surface area contributed by atoms with Crippen molar-refractivity contribution >= 4 is 23.5 Å². The molecule has 4 aromatic rings. The number of hydrogen-bond donors (Lipinski definition) is 2. The van der Waals surface area contributed by atoms with Crippen molar-refractivity contribution in [3.05, 3.63) is 71.7 Å². The van der Waals surface area contributed by atoms with Crippen LogP contribution in [0.5, 0.6) is 5.88 Å². The molecule has 9 nitrogen and oxygen atoms in total. The number of nitrogens with zero attached hydrogens (tertiary/aromatic N) is 4. The van der Waals surface area contributed by atoms with Crippen LogP contribution in [0.3, 0.4) is 0 Å². The predicted octanol–water partition coefficient (Wildman–Crippen LogP) is 3.34. The first-order chi connectivity index (χ1) is 14.1. The summed E-state index contributed by atoms with van der Waals surface area (Å²) in [5, 5.41) is 4.95. The summed E-state index contributed by atoms with van der Waals surface area (Å²) in [6.45, 7) is 0. The smallest absolute Gasteiger partial charge is 0.290 e. The van der Waals surface area contributed by atoms with Crippen LogP contribution in [0.2, 0.25) is 5.02 Å². The fourth-order valence-corrected chi connectivity index (χ4v) is 2.77. The molecule has 0 saturated carbocycles. The molecule has 0 saturated heterocycles. The van der Waals surface area contributed by atoms with Crippen LogP contribution in [-0.4, -0.2) is 32.8 Å². The highest BCUT2D eigenvalue weighted by molar-refractivity contribution is 6.30. The number of carbonyl (C=O) groups is 1. The van der Waals surface area contributed by atoms with E-state index in [1.807, 2.05) is 6.07 Å². The van der Waals surface area contributed by atoms with Gasteiger partial charge in [-0.05, 0) is 30.3 Å². The monoisotopic (exact) mass is 410 g/mol. The third kappa shape index (κ3) is 4.04. The topological polar surface area (TPSA) is 107 Å². The lowest BCUT2D eigenvalue weighted by molar-refractivity contribution is 0.0957. The number of hydrazine groups is 1. The van der Waals surface area contributed by atoms with Crippen LogP contribution in [0.25, 0.3) is 17.1 Å². The van der Waals surface area contributed by atoms with Gasteiger partial charge in [0.15, 0.2) is 11.5 Å². The molecule has 4 rings (SSSR count). The highest BCUT2D eigenvalue weighted by atomic mass is 35.5. The number of ether oxygens (including phenoxy) is 1. The predicted molar refractivity (Wildman–Crippen MR) is 106 cm³/mol. The van der Waals surface area contributed by atoms with E-state index in [1.54, 1.807) is 53.4 Å².